The zero-order chi connectivity index (χ0) is 11.5. The number of nitrogens with one attached hydrogen (secondary N) is 1. The molecule has 2 rings (SSSR count). The van der Waals surface area contributed by atoms with E-state index in [-0.39, 0.29) is 6.04 Å². The van der Waals surface area contributed by atoms with Crippen LogP contribution in [0, 0.1) is 0 Å². The van der Waals surface area contributed by atoms with Crippen molar-refractivity contribution in [1.29, 1.82) is 0 Å². The standard InChI is InChI=1S/C12H11BrClNO/c1-8(12-3-2-6-16-12)15-11-5-4-9(14)7-10(11)13/h2-8,15H,1H3. The first-order valence-corrected chi connectivity index (χ1v) is 6.09. The van der Waals surface area contributed by atoms with Crippen molar-refractivity contribution < 1.29 is 4.42 Å². The van der Waals surface area contributed by atoms with Crippen LogP contribution in [0.15, 0.2) is 45.5 Å². The van der Waals surface area contributed by atoms with Gasteiger partial charge >= 0.3 is 0 Å². The topological polar surface area (TPSA) is 25.2 Å². The quantitative estimate of drug-likeness (QED) is 0.875. The van der Waals surface area contributed by atoms with Crippen molar-refractivity contribution in [2.45, 2.75) is 13.0 Å². The summed E-state index contributed by atoms with van der Waals surface area (Å²) in [6.45, 7) is 2.04. The normalized spacial score (nSPS) is 12.4. The summed E-state index contributed by atoms with van der Waals surface area (Å²) in [7, 11) is 0. The fraction of sp³-hybridized carbons (Fsp3) is 0.167. The SMILES string of the molecule is CC(Nc1ccc(Cl)cc1Br)c1ccco1. The summed E-state index contributed by atoms with van der Waals surface area (Å²) < 4.78 is 6.27. The lowest BCUT2D eigenvalue weighted by atomic mass is 10.2. The lowest BCUT2D eigenvalue weighted by Gasteiger charge is -2.14. The summed E-state index contributed by atoms with van der Waals surface area (Å²) in [4.78, 5) is 0. The lowest BCUT2D eigenvalue weighted by molar-refractivity contribution is 0.490. The molecule has 0 spiro atoms. The fourth-order valence-corrected chi connectivity index (χ4v) is 2.25. The van der Waals surface area contributed by atoms with Crippen LogP contribution < -0.4 is 5.32 Å². The Morgan fingerprint density at radius 3 is 2.81 bits per heavy atom. The van der Waals surface area contributed by atoms with E-state index in [1.807, 2.05) is 37.3 Å². The predicted octanol–water partition coefficient (Wildman–Crippen LogP) is 4.87. The number of halogens is 2. The van der Waals surface area contributed by atoms with E-state index < -0.39 is 0 Å². The van der Waals surface area contributed by atoms with Gasteiger partial charge in [-0.05, 0) is 53.2 Å². The molecule has 1 aromatic heterocycles. The summed E-state index contributed by atoms with van der Waals surface area (Å²) in [5.41, 5.74) is 0.994. The predicted molar refractivity (Wildman–Crippen MR) is 69.9 cm³/mol. The Balaban J connectivity index is 2.15. The van der Waals surface area contributed by atoms with Gasteiger partial charge in [0.15, 0.2) is 0 Å². The number of rotatable bonds is 3. The Kier molecular flexibility index (Phi) is 3.56. The highest BCUT2D eigenvalue weighted by atomic mass is 79.9. The maximum absolute atomic E-state index is 5.88. The van der Waals surface area contributed by atoms with E-state index in [1.165, 1.54) is 0 Å². The highest BCUT2D eigenvalue weighted by molar-refractivity contribution is 9.10. The molecule has 0 bridgehead atoms. The molecular weight excluding hydrogens is 289 g/mol. The molecule has 0 aliphatic heterocycles. The third kappa shape index (κ3) is 2.60. The van der Waals surface area contributed by atoms with Crippen molar-refractivity contribution >= 4 is 33.2 Å². The van der Waals surface area contributed by atoms with Gasteiger partial charge in [-0.2, -0.15) is 0 Å². The monoisotopic (exact) mass is 299 g/mol. The average Bonchev–Trinajstić information content (AvgIpc) is 2.75. The molecule has 0 amide bonds. The summed E-state index contributed by atoms with van der Waals surface area (Å²) in [6.07, 6.45) is 1.67. The van der Waals surface area contributed by atoms with Crippen molar-refractivity contribution in [2.75, 3.05) is 5.32 Å². The fourth-order valence-electron chi connectivity index (χ4n) is 1.45. The van der Waals surface area contributed by atoms with E-state index in [0.29, 0.717) is 5.02 Å². The van der Waals surface area contributed by atoms with Crippen molar-refractivity contribution in [3.05, 3.63) is 51.9 Å². The van der Waals surface area contributed by atoms with Crippen LogP contribution in [0.3, 0.4) is 0 Å². The Morgan fingerprint density at radius 1 is 1.38 bits per heavy atom. The summed E-state index contributed by atoms with van der Waals surface area (Å²) in [6, 6.07) is 9.59. The first kappa shape index (κ1) is 11.6. The van der Waals surface area contributed by atoms with Gasteiger partial charge in [-0.15, -0.1) is 0 Å². The number of hydrogen-bond donors (Lipinski definition) is 1. The third-order valence-corrected chi connectivity index (χ3v) is 3.16. The van der Waals surface area contributed by atoms with E-state index in [4.69, 9.17) is 16.0 Å². The van der Waals surface area contributed by atoms with Crippen LogP contribution in [-0.4, -0.2) is 0 Å². The largest absolute Gasteiger partial charge is 0.467 e. The van der Waals surface area contributed by atoms with Gasteiger partial charge < -0.3 is 9.73 Å². The number of furan rings is 1. The first-order valence-electron chi connectivity index (χ1n) is 4.92. The molecule has 0 aliphatic carbocycles. The zero-order valence-electron chi connectivity index (χ0n) is 8.71. The van der Waals surface area contributed by atoms with E-state index >= 15 is 0 Å². The van der Waals surface area contributed by atoms with Crippen LogP contribution in [0.25, 0.3) is 0 Å². The molecule has 0 fully saturated rings. The molecule has 1 atom stereocenters. The van der Waals surface area contributed by atoms with Gasteiger partial charge in [-0.25, -0.2) is 0 Å². The lowest BCUT2D eigenvalue weighted by Crippen LogP contribution is -2.05. The maximum atomic E-state index is 5.88. The van der Waals surface area contributed by atoms with Gasteiger partial charge in [0, 0.05) is 15.2 Å². The summed E-state index contributed by atoms with van der Waals surface area (Å²) in [5, 5.41) is 4.05. The number of benzene rings is 1. The molecule has 0 saturated heterocycles. The van der Waals surface area contributed by atoms with Gasteiger partial charge in [0.1, 0.15) is 5.76 Å². The molecule has 1 N–H and O–H groups in total. The molecule has 16 heavy (non-hydrogen) atoms. The van der Waals surface area contributed by atoms with Gasteiger partial charge in [0.2, 0.25) is 0 Å². The Morgan fingerprint density at radius 2 is 2.19 bits per heavy atom. The van der Waals surface area contributed by atoms with E-state index in [1.54, 1.807) is 6.26 Å². The second-order valence-electron chi connectivity index (χ2n) is 3.51. The maximum Gasteiger partial charge on any atom is 0.125 e. The van der Waals surface area contributed by atoms with Crippen LogP contribution >= 0.6 is 27.5 Å². The third-order valence-electron chi connectivity index (χ3n) is 2.27. The molecule has 0 saturated carbocycles. The van der Waals surface area contributed by atoms with Crippen molar-refractivity contribution in [3.63, 3.8) is 0 Å². The second-order valence-corrected chi connectivity index (χ2v) is 4.80. The smallest absolute Gasteiger partial charge is 0.125 e. The zero-order valence-corrected chi connectivity index (χ0v) is 11.0. The van der Waals surface area contributed by atoms with E-state index in [9.17, 15) is 0 Å². The Bertz CT molecular complexity index is 470. The van der Waals surface area contributed by atoms with Crippen LogP contribution in [0.4, 0.5) is 5.69 Å². The second kappa shape index (κ2) is 4.93. The number of hydrogen-bond acceptors (Lipinski definition) is 2. The minimum Gasteiger partial charge on any atom is -0.467 e. The van der Waals surface area contributed by atoms with Gasteiger partial charge in [-0.1, -0.05) is 11.6 Å². The molecular formula is C12H11BrClNO. The molecule has 1 heterocycles. The van der Waals surface area contributed by atoms with Gasteiger partial charge in [0.25, 0.3) is 0 Å². The van der Waals surface area contributed by atoms with Crippen molar-refractivity contribution in [2.24, 2.45) is 0 Å². The Hall–Kier alpha value is -0.930. The van der Waals surface area contributed by atoms with Crippen LogP contribution in [0.5, 0.6) is 0 Å². The molecule has 2 nitrogen and oxygen atoms in total. The van der Waals surface area contributed by atoms with Crippen LogP contribution in [0.2, 0.25) is 5.02 Å². The Labute approximate surface area is 108 Å². The minimum atomic E-state index is 0.118. The average molecular weight is 301 g/mol. The van der Waals surface area contributed by atoms with Crippen molar-refractivity contribution in [3.8, 4) is 0 Å². The van der Waals surface area contributed by atoms with Crippen LogP contribution in [-0.2, 0) is 0 Å². The molecule has 0 aliphatic rings. The highest BCUT2D eigenvalue weighted by Crippen LogP contribution is 2.29. The van der Waals surface area contributed by atoms with Crippen molar-refractivity contribution in [1.82, 2.24) is 0 Å². The van der Waals surface area contributed by atoms with E-state index in [2.05, 4.69) is 21.2 Å². The molecule has 1 unspecified atom stereocenters. The first-order chi connectivity index (χ1) is 7.66. The van der Waals surface area contributed by atoms with E-state index in [0.717, 1.165) is 15.9 Å². The summed E-state index contributed by atoms with van der Waals surface area (Å²) in [5.74, 6) is 0.904. The summed E-state index contributed by atoms with van der Waals surface area (Å²) >= 11 is 9.34. The highest BCUT2D eigenvalue weighted by Gasteiger charge is 2.09. The van der Waals surface area contributed by atoms with Crippen LogP contribution in [0.1, 0.15) is 18.7 Å². The molecule has 0 radical (unpaired) electrons. The number of anilines is 1. The molecule has 2 aromatic rings. The minimum absolute atomic E-state index is 0.118. The molecule has 84 valence electrons. The molecule has 1 aromatic carbocycles. The van der Waals surface area contributed by atoms with Gasteiger partial charge in [-0.3, -0.25) is 0 Å². The molecule has 4 heteroatoms. The van der Waals surface area contributed by atoms with Gasteiger partial charge in [0.05, 0.1) is 12.3 Å².